The van der Waals surface area contributed by atoms with E-state index in [2.05, 4.69) is 37.3 Å². The van der Waals surface area contributed by atoms with Gasteiger partial charge in [0, 0.05) is 0 Å². The van der Waals surface area contributed by atoms with E-state index in [9.17, 15) is 8.42 Å². The highest BCUT2D eigenvalue weighted by Gasteiger charge is 2.56. The van der Waals surface area contributed by atoms with E-state index >= 15 is 0 Å². The van der Waals surface area contributed by atoms with Crippen molar-refractivity contribution in [3.8, 4) is 5.75 Å². The van der Waals surface area contributed by atoms with Crippen LogP contribution in [0, 0.1) is 17.3 Å². The summed E-state index contributed by atoms with van der Waals surface area (Å²) >= 11 is 0. The van der Waals surface area contributed by atoms with Crippen LogP contribution in [-0.2, 0) is 27.5 Å². The standard InChI is InChI=1S/C25H31NO4S/c1-25-14-13-21-20-10-8-19(29-16-17-5-3-2-4-6-17)15-18(20)7-9-22(21)23(25)11-12-24(25)30-31(26,27)28/h2-6,8,10,15,21-24H,7,9,11-14,16H2,1H3,(H2,26,27,28)/t21-,22-,23+,24+,25+/m1/s1. The van der Waals surface area contributed by atoms with Gasteiger partial charge in [0.15, 0.2) is 0 Å². The predicted octanol–water partition coefficient (Wildman–Crippen LogP) is 4.71. The van der Waals surface area contributed by atoms with Crippen LogP contribution in [0.5, 0.6) is 5.75 Å². The summed E-state index contributed by atoms with van der Waals surface area (Å²) in [5, 5.41) is 5.21. The molecule has 2 aromatic carbocycles. The van der Waals surface area contributed by atoms with E-state index in [1.165, 1.54) is 16.7 Å². The van der Waals surface area contributed by atoms with Crippen molar-refractivity contribution in [3.63, 3.8) is 0 Å². The highest BCUT2D eigenvalue weighted by Crippen LogP contribution is 2.61. The maximum Gasteiger partial charge on any atom is 0.333 e. The van der Waals surface area contributed by atoms with E-state index < -0.39 is 10.3 Å². The van der Waals surface area contributed by atoms with Gasteiger partial charge >= 0.3 is 10.3 Å². The Hall–Kier alpha value is -1.89. The molecular formula is C25H31NO4S. The first-order valence-electron chi connectivity index (χ1n) is 11.3. The van der Waals surface area contributed by atoms with Gasteiger partial charge in [-0.3, -0.25) is 4.18 Å². The Kier molecular flexibility index (Phi) is 5.35. The van der Waals surface area contributed by atoms with Crippen LogP contribution in [-0.4, -0.2) is 14.5 Å². The second-order valence-corrected chi connectivity index (χ2v) is 10.9. The van der Waals surface area contributed by atoms with Gasteiger partial charge in [0.1, 0.15) is 12.4 Å². The zero-order valence-corrected chi connectivity index (χ0v) is 18.8. The van der Waals surface area contributed by atoms with E-state index in [0.29, 0.717) is 24.4 Å². The molecule has 3 aliphatic carbocycles. The molecular weight excluding hydrogens is 410 g/mol. The lowest BCUT2D eigenvalue weighted by Crippen LogP contribution is -2.45. The molecule has 0 aliphatic heterocycles. The van der Waals surface area contributed by atoms with Crippen LogP contribution >= 0.6 is 0 Å². The van der Waals surface area contributed by atoms with Crippen molar-refractivity contribution in [2.24, 2.45) is 22.4 Å². The highest BCUT2D eigenvalue weighted by molar-refractivity contribution is 7.84. The van der Waals surface area contributed by atoms with E-state index in [4.69, 9.17) is 14.1 Å². The van der Waals surface area contributed by atoms with Crippen LogP contribution in [0.15, 0.2) is 48.5 Å². The Balaban J connectivity index is 1.32. The van der Waals surface area contributed by atoms with Gasteiger partial charge in [-0.15, -0.1) is 0 Å². The summed E-state index contributed by atoms with van der Waals surface area (Å²) in [5.41, 5.74) is 3.93. The van der Waals surface area contributed by atoms with E-state index in [-0.39, 0.29) is 11.5 Å². The lowest BCUT2D eigenvalue weighted by atomic mass is 9.55. The maximum absolute atomic E-state index is 11.6. The van der Waals surface area contributed by atoms with Crippen LogP contribution in [0.2, 0.25) is 0 Å². The first-order valence-corrected chi connectivity index (χ1v) is 12.8. The van der Waals surface area contributed by atoms with Gasteiger partial charge in [0.2, 0.25) is 0 Å². The van der Waals surface area contributed by atoms with Crippen molar-refractivity contribution in [3.05, 3.63) is 65.2 Å². The van der Waals surface area contributed by atoms with Gasteiger partial charge in [-0.2, -0.15) is 8.42 Å². The summed E-state index contributed by atoms with van der Waals surface area (Å²) in [6, 6.07) is 16.8. The summed E-state index contributed by atoms with van der Waals surface area (Å²) in [7, 11) is -3.92. The van der Waals surface area contributed by atoms with Crippen LogP contribution in [0.4, 0.5) is 0 Å². The minimum atomic E-state index is -3.92. The smallest absolute Gasteiger partial charge is 0.333 e. The third kappa shape index (κ3) is 4.01. The number of aryl methyl sites for hydroxylation is 1. The Bertz CT molecular complexity index is 1050. The Morgan fingerprint density at radius 2 is 1.87 bits per heavy atom. The molecule has 2 fully saturated rings. The molecule has 5 atom stereocenters. The third-order valence-corrected chi connectivity index (χ3v) is 8.61. The number of hydrogen-bond acceptors (Lipinski definition) is 4. The normalized spacial score (nSPS) is 32.1. The number of benzene rings is 2. The van der Waals surface area contributed by atoms with Gasteiger partial charge in [0.05, 0.1) is 6.10 Å². The minimum absolute atomic E-state index is 0.107. The molecule has 166 valence electrons. The zero-order chi connectivity index (χ0) is 21.6. The topological polar surface area (TPSA) is 78.6 Å². The van der Waals surface area contributed by atoms with E-state index in [0.717, 1.165) is 44.3 Å². The predicted molar refractivity (Wildman–Crippen MR) is 120 cm³/mol. The first-order chi connectivity index (χ1) is 14.8. The average molecular weight is 442 g/mol. The van der Waals surface area contributed by atoms with Crippen LogP contribution in [0.3, 0.4) is 0 Å². The van der Waals surface area contributed by atoms with Crippen molar-refractivity contribution in [1.29, 1.82) is 0 Å². The summed E-state index contributed by atoms with van der Waals surface area (Å²) in [4.78, 5) is 0. The summed E-state index contributed by atoms with van der Waals surface area (Å²) in [5.74, 6) is 2.54. The molecule has 0 heterocycles. The maximum atomic E-state index is 11.6. The van der Waals surface area contributed by atoms with Crippen molar-refractivity contribution >= 4 is 10.3 Å². The molecule has 0 bridgehead atoms. The summed E-state index contributed by atoms with van der Waals surface area (Å²) in [6.07, 6.45) is 5.74. The highest BCUT2D eigenvalue weighted by atomic mass is 32.2. The van der Waals surface area contributed by atoms with E-state index in [1.54, 1.807) is 0 Å². The van der Waals surface area contributed by atoms with Crippen LogP contribution in [0.1, 0.15) is 61.6 Å². The van der Waals surface area contributed by atoms with Gasteiger partial charge < -0.3 is 4.74 Å². The summed E-state index contributed by atoms with van der Waals surface area (Å²) < 4.78 is 34.5. The molecule has 5 rings (SSSR count). The number of nitrogens with two attached hydrogens (primary N) is 1. The quantitative estimate of drug-likeness (QED) is 0.729. The second kappa shape index (κ2) is 7.91. The van der Waals surface area contributed by atoms with Gasteiger partial charge in [0.25, 0.3) is 0 Å². The Morgan fingerprint density at radius 1 is 1.06 bits per heavy atom. The van der Waals surface area contributed by atoms with E-state index in [1.807, 2.05) is 18.2 Å². The molecule has 2 N–H and O–H groups in total. The lowest BCUT2D eigenvalue weighted by molar-refractivity contribution is -0.00802. The molecule has 6 heteroatoms. The number of fused-ring (bicyclic) bond motifs is 5. The third-order valence-electron chi connectivity index (χ3n) is 8.11. The number of rotatable bonds is 5. The van der Waals surface area contributed by atoms with Crippen molar-refractivity contribution in [2.75, 3.05) is 0 Å². The number of ether oxygens (including phenoxy) is 1. The molecule has 0 spiro atoms. The van der Waals surface area contributed by atoms with Crippen molar-refractivity contribution in [1.82, 2.24) is 0 Å². The molecule has 2 aromatic rings. The molecule has 0 amide bonds. The lowest BCUT2D eigenvalue weighted by Gasteiger charge is -2.50. The fraction of sp³-hybridized carbons (Fsp3) is 0.520. The van der Waals surface area contributed by atoms with Gasteiger partial charge in [-0.1, -0.05) is 43.3 Å². The molecule has 0 aromatic heterocycles. The van der Waals surface area contributed by atoms with Crippen LogP contribution < -0.4 is 9.88 Å². The fourth-order valence-corrected chi connectivity index (χ4v) is 7.30. The Labute approximate surface area is 185 Å². The molecule has 3 aliphatic rings. The van der Waals surface area contributed by atoms with Crippen LogP contribution in [0.25, 0.3) is 0 Å². The number of hydrogen-bond donors (Lipinski definition) is 1. The molecule has 0 saturated heterocycles. The molecule has 2 saturated carbocycles. The monoisotopic (exact) mass is 441 g/mol. The largest absolute Gasteiger partial charge is 0.489 e. The van der Waals surface area contributed by atoms with Gasteiger partial charge in [-0.05, 0) is 90.5 Å². The van der Waals surface area contributed by atoms with Crippen molar-refractivity contribution in [2.45, 2.75) is 64.1 Å². The Morgan fingerprint density at radius 3 is 2.65 bits per heavy atom. The second-order valence-electron chi connectivity index (χ2n) is 9.75. The zero-order valence-electron chi connectivity index (χ0n) is 18.0. The molecule has 31 heavy (non-hydrogen) atoms. The summed E-state index contributed by atoms with van der Waals surface area (Å²) in [6.45, 7) is 2.80. The molecule has 0 radical (unpaired) electrons. The van der Waals surface area contributed by atoms with Gasteiger partial charge in [-0.25, -0.2) is 5.14 Å². The fourth-order valence-electron chi connectivity index (χ4n) is 6.66. The van der Waals surface area contributed by atoms with Crippen molar-refractivity contribution < 1.29 is 17.3 Å². The average Bonchev–Trinajstić information content (AvgIpc) is 3.07. The first kappa shape index (κ1) is 21.0. The SMILES string of the molecule is C[C@]12CC[C@@H]3c4ccc(OCc5ccccc5)cc4CC[C@H]3[C@@H]1CC[C@@H]2OS(N)(=O)=O. The molecule has 0 unspecified atom stereocenters. The minimum Gasteiger partial charge on any atom is -0.489 e. The molecule has 5 nitrogen and oxygen atoms in total.